The van der Waals surface area contributed by atoms with Crippen molar-refractivity contribution in [1.82, 2.24) is 0 Å². The predicted octanol–water partition coefficient (Wildman–Crippen LogP) is 2.37. The van der Waals surface area contributed by atoms with Crippen LogP contribution in [0, 0.1) is 0 Å². The number of ether oxygens (including phenoxy) is 2. The Labute approximate surface area is 100 Å². The van der Waals surface area contributed by atoms with E-state index in [0.29, 0.717) is 17.9 Å². The predicted molar refractivity (Wildman–Crippen MR) is 64.9 cm³/mol. The molecular formula is C13H16O4. The summed E-state index contributed by atoms with van der Waals surface area (Å²) in [4.78, 5) is 11.1. The summed E-state index contributed by atoms with van der Waals surface area (Å²) in [5.74, 6) is 0.422. The van der Waals surface area contributed by atoms with E-state index >= 15 is 0 Å². The van der Waals surface area contributed by atoms with Gasteiger partial charge in [0.2, 0.25) is 0 Å². The zero-order valence-electron chi connectivity index (χ0n) is 9.97. The van der Waals surface area contributed by atoms with Gasteiger partial charge in [0.1, 0.15) is 11.5 Å². The third-order valence-corrected chi connectivity index (χ3v) is 2.12. The molecule has 92 valence electrons. The average Bonchev–Trinajstić information content (AvgIpc) is 2.31. The van der Waals surface area contributed by atoms with Gasteiger partial charge < -0.3 is 14.6 Å². The lowest BCUT2D eigenvalue weighted by atomic mass is 10.1. The minimum absolute atomic E-state index is 0.115. The zero-order valence-corrected chi connectivity index (χ0v) is 9.97. The molecule has 0 aliphatic carbocycles. The van der Waals surface area contributed by atoms with Crippen LogP contribution in [0.4, 0.5) is 0 Å². The van der Waals surface area contributed by atoms with Crippen molar-refractivity contribution in [3.63, 3.8) is 0 Å². The Kier molecular flexibility index (Phi) is 5.07. The van der Waals surface area contributed by atoms with Gasteiger partial charge in [0.15, 0.2) is 0 Å². The second-order valence-electron chi connectivity index (χ2n) is 3.34. The van der Waals surface area contributed by atoms with E-state index in [0.717, 1.165) is 0 Å². The van der Waals surface area contributed by atoms with Crippen LogP contribution in [0.3, 0.4) is 0 Å². The van der Waals surface area contributed by atoms with E-state index in [2.05, 4.69) is 0 Å². The van der Waals surface area contributed by atoms with Gasteiger partial charge in [-0.3, -0.25) is 4.79 Å². The van der Waals surface area contributed by atoms with Gasteiger partial charge in [-0.25, -0.2) is 0 Å². The quantitative estimate of drug-likeness (QED) is 0.797. The van der Waals surface area contributed by atoms with E-state index in [1.54, 1.807) is 31.2 Å². The summed E-state index contributed by atoms with van der Waals surface area (Å²) in [5.41, 5.74) is 0.634. The molecule has 0 spiro atoms. The van der Waals surface area contributed by atoms with E-state index < -0.39 is 0 Å². The van der Waals surface area contributed by atoms with Crippen molar-refractivity contribution >= 4 is 12.0 Å². The smallest absolute Gasteiger partial charge is 0.309 e. The number of phenolic OH excluding ortho intramolecular Hbond substituents is 1. The topological polar surface area (TPSA) is 55.8 Å². The van der Waals surface area contributed by atoms with E-state index in [9.17, 15) is 9.90 Å². The van der Waals surface area contributed by atoms with Gasteiger partial charge in [-0.2, -0.15) is 0 Å². The third-order valence-electron chi connectivity index (χ3n) is 2.12. The van der Waals surface area contributed by atoms with Gasteiger partial charge in [-0.1, -0.05) is 12.2 Å². The van der Waals surface area contributed by atoms with Crippen LogP contribution in [0.1, 0.15) is 18.9 Å². The lowest BCUT2D eigenvalue weighted by Crippen LogP contribution is -2.01. The maximum Gasteiger partial charge on any atom is 0.309 e. The molecule has 4 nitrogen and oxygen atoms in total. The summed E-state index contributed by atoms with van der Waals surface area (Å²) in [5, 5.41) is 9.64. The van der Waals surface area contributed by atoms with Crippen molar-refractivity contribution in [2.24, 2.45) is 0 Å². The molecule has 0 radical (unpaired) electrons. The molecule has 1 N–H and O–H groups in total. The van der Waals surface area contributed by atoms with Crippen LogP contribution in [-0.4, -0.2) is 24.8 Å². The number of esters is 1. The highest BCUT2D eigenvalue weighted by Gasteiger charge is 2.01. The molecule has 0 atom stereocenters. The molecule has 0 heterocycles. The van der Waals surface area contributed by atoms with Crippen molar-refractivity contribution in [3.8, 4) is 11.5 Å². The summed E-state index contributed by atoms with van der Waals surface area (Å²) in [6.45, 7) is 2.14. The summed E-state index contributed by atoms with van der Waals surface area (Å²) in [7, 11) is 1.53. The Hall–Kier alpha value is -1.97. The molecular weight excluding hydrogens is 220 g/mol. The van der Waals surface area contributed by atoms with Crippen molar-refractivity contribution in [2.75, 3.05) is 13.7 Å². The first-order chi connectivity index (χ1) is 8.17. The van der Waals surface area contributed by atoms with E-state index in [4.69, 9.17) is 9.47 Å². The van der Waals surface area contributed by atoms with E-state index in [1.807, 2.05) is 0 Å². The van der Waals surface area contributed by atoms with Gasteiger partial charge in [0.05, 0.1) is 20.1 Å². The number of methoxy groups -OCH3 is 1. The fourth-order valence-corrected chi connectivity index (χ4v) is 1.29. The maximum absolute atomic E-state index is 11.1. The molecule has 0 bridgehead atoms. The molecule has 0 aliphatic heterocycles. The summed E-state index contributed by atoms with van der Waals surface area (Å²) in [6, 6.07) is 4.98. The lowest BCUT2D eigenvalue weighted by Gasteiger charge is -2.03. The molecule has 1 rings (SSSR count). The molecule has 4 heteroatoms. The van der Waals surface area contributed by atoms with Crippen LogP contribution in [0.15, 0.2) is 24.3 Å². The molecule has 0 aliphatic rings. The van der Waals surface area contributed by atoms with Crippen LogP contribution in [0.5, 0.6) is 11.5 Å². The number of hydrogen-bond acceptors (Lipinski definition) is 4. The average molecular weight is 236 g/mol. The van der Waals surface area contributed by atoms with Crippen molar-refractivity contribution < 1.29 is 19.4 Å². The van der Waals surface area contributed by atoms with Crippen LogP contribution in [0.2, 0.25) is 0 Å². The molecule has 1 aromatic rings. The van der Waals surface area contributed by atoms with Gasteiger partial charge >= 0.3 is 5.97 Å². The number of carbonyl (C=O) groups is 1. The van der Waals surface area contributed by atoms with Crippen LogP contribution in [0.25, 0.3) is 6.08 Å². The fourth-order valence-electron chi connectivity index (χ4n) is 1.29. The Morgan fingerprint density at radius 2 is 2.24 bits per heavy atom. The third kappa shape index (κ3) is 4.18. The van der Waals surface area contributed by atoms with Crippen LogP contribution >= 0.6 is 0 Å². The minimum atomic E-state index is -0.281. The highest BCUT2D eigenvalue weighted by Crippen LogP contribution is 2.24. The second kappa shape index (κ2) is 6.58. The van der Waals surface area contributed by atoms with Gasteiger partial charge in [-0.05, 0) is 19.1 Å². The molecule has 0 unspecified atom stereocenters. The number of hydrogen-bond donors (Lipinski definition) is 1. The largest absolute Gasteiger partial charge is 0.507 e. The molecule has 17 heavy (non-hydrogen) atoms. The van der Waals surface area contributed by atoms with Gasteiger partial charge in [-0.15, -0.1) is 0 Å². The Morgan fingerprint density at radius 1 is 1.47 bits per heavy atom. The molecule has 0 saturated heterocycles. The maximum atomic E-state index is 11.1. The second-order valence-corrected chi connectivity index (χ2v) is 3.34. The van der Waals surface area contributed by atoms with Crippen LogP contribution in [-0.2, 0) is 9.53 Å². The highest BCUT2D eigenvalue weighted by atomic mass is 16.5. The number of carbonyl (C=O) groups excluding carboxylic acids is 1. The number of rotatable bonds is 5. The summed E-state index contributed by atoms with van der Waals surface area (Å²) in [6.07, 6.45) is 3.52. The van der Waals surface area contributed by atoms with E-state index in [1.165, 1.54) is 13.2 Å². The lowest BCUT2D eigenvalue weighted by molar-refractivity contribution is -0.142. The molecule has 0 fully saturated rings. The van der Waals surface area contributed by atoms with Crippen LogP contribution < -0.4 is 4.74 Å². The minimum Gasteiger partial charge on any atom is -0.507 e. The molecule has 0 aromatic heterocycles. The first-order valence-corrected chi connectivity index (χ1v) is 5.36. The van der Waals surface area contributed by atoms with Crippen molar-refractivity contribution in [2.45, 2.75) is 13.3 Å². The van der Waals surface area contributed by atoms with Gasteiger partial charge in [0.25, 0.3) is 0 Å². The highest BCUT2D eigenvalue weighted by molar-refractivity contribution is 5.73. The fraction of sp³-hybridized carbons (Fsp3) is 0.308. The molecule has 1 aromatic carbocycles. The SMILES string of the molecule is CCOC(=O)CC=Cc1ccc(OC)cc1O. The standard InChI is InChI=1S/C13H16O4/c1-3-17-13(15)6-4-5-10-7-8-11(16-2)9-12(10)14/h4-5,7-9,14H,3,6H2,1-2H3. The normalized spacial score (nSPS) is 10.5. The first kappa shape index (κ1) is 13.1. The van der Waals surface area contributed by atoms with Crippen molar-refractivity contribution in [3.05, 3.63) is 29.8 Å². The molecule has 0 saturated carbocycles. The van der Waals surface area contributed by atoms with Gasteiger partial charge in [0, 0.05) is 11.6 Å². The first-order valence-electron chi connectivity index (χ1n) is 5.36. The summed E-state index contributed by atoms with van der Waals surface area (Å²) < 4.78 is 9.74. The number of benzene rings is 1. The molecule has 0 amide bonds. The van der Waals surface area contributed by atoms with Crippen molar-refractivity contribution in [1.29, 1.82) is 0 Å². The number of aromatic hydroxyl groups is 1. The zero-order chi connectivity index (χ0) is 12.7. The Balaban J connectivity index is 2.62. The summed E-state index contributed by atoms with van der Waals surface area (Å²) >= 11 is 0. The monoisotopic (exact) mass is 236 g/mol. The number of phenols is 1. The Morgan fingerprint density at radius 3 is 2.82 bits per heavy atom. The van der Waals surface area contributed by atoms with E-state index in [-0.39, 0.29) is 18.1 Å². The Bertz CT molecular complexity index is 410.